The van der Waals surface area contributed by atoms with E-state index < -0.39 is 0 Å². The maximum Gasteiger partial charge on any atom is 0.278 e. The summed E-state index contributed by atoms with van der Waals surface area (Å²) in [6, 6.07) is 12.6. The molecule has 0 N–H and O–H groups in total. The largest absolute Gasteiger partial charge is 0.437 e. The molecule has 6 heteroatoms. The Hall–Kier alpha value is -3.28. The lowest BCUT2D eigenvalue weighted by molar-refractivity contribution is 0.0991. The molecule has 4 rings (SSSR count). The van der Waals surface area contributed by atoms with E-state index in [1.54, 1.807) is 53.8 Å². The lowest BCUT2D eigenvalue weighted by Gasteiger charge is -2.15. The van der Waals surface area contributed by atoms with Gasteiger partial charge in [-0.2, -0.15) is 4.98 Å². The number of rotatable bonds is 3. The van der Waals surface area contributed by atoms with Crippen LogP contribution in [0.3, 0.4) is 0 Å². The van der Waals surface area contributed by atoms with Crippen molar-refractivity contribution in [3.63, 3.8) is 0 Å². The summed E-state index contributed by atoms with van der Waals surface area (Å²) in [5.74, 6) is 1.39. The highest BCUT2D eigenvalue weighted by Gasteiger charge is 2.30. The van der Waals surface area contributed by atoms with Crippen molar-refractivity contribution in [3.05, 3.63) is 72.3 Å². The van der Waals surface area contributed by atoms with Gasteiger partial charge in [0.1, 0.15) is 17.3 Å². The summed E-state index contributed by atoms with van der Waals surface area (Å²) in [7, 11) is 0. The first kappa shape index (κ1) is 13.4. The second-order valence-corrected chi connectivity index (χ2v) is 5.03. The average molecular weight is 304 g/mol. The Kier molecular flexibility index (Phi) is 3.20. The molecule has 0 saturated carbocycles. The normalized spacial score (nSPS) is 13.0. The van der Waals surface area contributed by atoms with E-state index in [-0.39, 0.29) is 5.91 Å². The number of anilines is 1. The molecule has 0 atom stereocenters. The monoisotopic (exact) mass is 304 g/mol. The van der Waals surface area contributed by atoms with Gasteiger partial charge in [0, 0.05) is 24.0 Å². The minimum absolute atomic E-state index is 0.147. The maximum absolute atomic E-state index is 12.4. The number of pyridine rings is 3. The Morgan fingerprint density at radius 3 is 2.78 bits per heavy atom. The number of hydrogen-bond donors (Lipinski definition) is 0. The molecule has 23 heavy (non-hydrogen) atoms. The molecular formula is C17H12N4O2. The molecule has 0 unspecified atom stereocenters. The zero-order valence-corrected chi connectivity index (χ0v) is 12.1. The Morgan fingerprint density at radius 2 is 1.96 bits per heavy atom. The van der Waals surface area contributed by atoms with E-state index >= 15 is 0 Å². The quantitative estimate of drug-likeness (QED) is 0.744. The molecule has 0 saturated heterocycles. The summed E-state index contributed by atoms with van der Waals surface area (Å²) in [6.45, 7) is 0.464. The number of hydrogen-bond acceptors (Lipinski definition) is 5. The molecule has 0 aromatic carbocycles. The van der Waals surface area contributed by atoms with Gasteiger partial charge >= 0.3 is 0 Å². The fraction of sp³-hybridized carbons (Fsp3) is 0.0588. The van der Waals surface area contributed by atoms with Gasteiger partial charge in [-0.1, -0.05) is 12.1 Å². The van der Waals surface area contributed by atoms with Gasteiger partial charge in [0.05, 0.1) is 12.7 Å². The van der Waals surface area contributed by atoms with E-state index in [4.69, 9.17) is 4.74 Å². The van der Waals surface area contributed by atoms with Crippen molar-refractivity contribution < 1.29 is 9.53 Å². The lowest BCUT2D eigenvalue weighted by atomic mass is 10.2. The number of ether oxygens (including phenoxy) is 1. The molecule has 1 aliphatic heterocycles. The Bertz CT molecular complexity index is 867. The van der Waals surface area contributed by atoms with Gasteiger partial charge in [0.15, 0.2) is 0 Å². The molecule has 0 bridgehead atoms. The first-order chi connectivity index (χ1) is 11.3. The number of nitrogens with zero attached hydrogens (tertiary/aromatic N) is 4. The number of carbonyl (C=O) groups is 1. The molecule has 4 heterocycles. The van der Waals surface area contributed by atoms with Crippen molar-refractivity contribution in [3.8, 4) is 11.6 Å². The van der Waals surface area contributed by atoms with Crippen molar-refractivity contribution in [2.24, 2.45) is 0 Å². The SMILES string of the molecule is O=C1c2ncccc2CN1c1cccc(Oc2cccnc2)n1. The van der Waals surface area contributed by atoms with Gasteiger partial charge in [0.2, 0.25) is 5.88 Å². The molecule has 3 aromatic rings. The Balaban J connectivity index is 1.62. The first-order valence-electron chi connectivity index (χ1n) is 7.12. The van der Waals surface area contributed by atoms with Crippen LogP contribution in [-0.4, -0.2) is 20.9 Å². The van der Waals surface area contributed by atoms with Gasteiger partial charge in [-0.05, 0) is 24.3 Å². The van der Waals surface area contributed by atoms with Crippen LogP contribution in [-0.2, 0) is 6.54 Å². The van der Waals surface area contributed by atoms with Gasteiger partial charge in [-0.15, -0.1) is 0 Å². The van der Waals surface area contributed by atoms with Crippen molar-refractivity contribution in [2.75, 3.05) is 4.90 Å². The fourth-order valence-corrected chi connectivity index (χ4v) is 2.45. The van der Waals surface area contributed by atoms with Crippen LogP contribution in [0.1, 0.15) is 16.1 Å². The summed E-state index contributed by atoms with van der Waals surface area (Å²) < 4.78 is 5.66. The topological polar surface area (TPSA) is 68.2 Å². The molecule has 3 aromatic heterocycles. The van der Waals surface area contributed by atoms with Crippen molar-refractivity contribution in [2.45, 2.75) is 6.54 Å². The van der Waals surface area contributed by atoms with Gasteiger partial charge in [0.25, 0.3) is 5.91 Å². The zero-order valence-electron chi connectivity index (χ0n) is 12.1. The lowest BCUT2D eigenvalue weighted by Crippen LogP contribution is -2.24. The number of aromatic nitrogens is 3. The van der Waals surface area contributed by atoms with Gasteiger partial charge in [-0.25, -0.2) is 0 Å². The van der Waals surface area contributed by atoms with Crippen LogP contribution >= 0.6 is 0 Å². The van der Waals surface area contributed by atoms with Crippen LogP contribution in [0.25, 0.3) is 0 Å². The number of amides is 1. The third-order valence-corrected chi connectivity index (χ3v) is 3.51. The molecule has 112 valence electrons. The minimum atomic E-state index is -0.147. The highest BCUT2D eigenvalue weighted by molar-refractivity contribution is 6.08. The van der Waals surface area contributed by atoms with Crippen LogP contribution < -0.4 is 9.64 Å². The summed E-state index contributed by atoms with van der Waals surface area (Å²) in [6.07, 6.45) is 4.90. The molecule has 1 aliphatic rings. The molecule has 0 radical (unpaired) electrons. The highest BCUT2D eigenvalue weighted by Crippen LogP contribution is 2.27. The van der Waals surface area contributed by atoms with Crippen LogP contribution in [0, 0.1) is 0 Å². The van der Waals surface area contributed by atoms with E-state index in [2.05, 4.69) is 15.0 Å². The Morgan fingerprint density at radius 1 is 1.04 bits per heavy atom. The predicted octanol–water partition coefficient (Wildman–Crippen LogP) is 2.82. The maximum atomic E-state index is 12.4. The summed E-state index contributed by atoms with van der Waals surface area (Å²) in [4.78, 5) is 26.6. The molecule has 0 fully saturated rings. The smallest absolute Gasteiger partial charge is 0.278 e. The Labute approximate surface area is 132 Å². The van der Waals surface area contributed by atoms with E-state index in [0.29, 0.717) is 29.7 Å². The molecular weight excluding hydrogens is 292 g/mol. The van der Waals surface area contributed by atoms with Crippen LogP contribution in [0.4, 0.5) is 5.82 Å². The molecule has 1 amide bonds. The summed E-state index contributed by atoms with van der Waals surface area (Å²) in [5, 5.41) is 0. The summed E-state index contributed by atoms with van der Waals surface area (Å²) in [5.41, 5.74) is 1.38. The second kappa shape index (κ2) is 5.49. The van der Waals surface area contributed by atoms with Crippen molar-refractivity contribution in [1.29, 1.82) is 0 Å². The van der Waals surface area contributed by atoms with Crippen LogP contribution in [0.15, 0.2) is 61.1 Å². The predicted molar refractivity (Wildman–Crippen MR) is 83.3 cm³/mol. The van der Waals surface area contributed by atoms with Crippen LogP contribution in [0.2, 0.25) is 0 Å². The highest BCUT2D eigenvalue weighted by atomic mass is 16.5. The third kappa shape index (κ3) is 2.50. The van der Waals surface area contributed by atoms with E-state index in [1.807, 2.05) is 12.1 Å². The zero-order chi connectivity index (χ0) is 15.6. The van der Waals surface area contributed by atoms with Crippen LogP contribution in [0.5, 0.6) is 11.6 Å². The standard InChI is InChI=1S/C17H12N4O2/c22-17-16-12(4-2-9-19-16)11-21(17)14-6-1-7-15(20-14)23-13-5-3-8-18-10-13/h1-10H,11H2. The van der Waals surface area contributed by atoms with Gasteiger partial charge in [-0.3, -0.25) is 19.7 Å². The molecule has 0 spiro atoms. The minimum Gasteiger partial charge on any atom is -0.437 e. The average Bonchev–Trinajstić information content (AvgIpc) is 2.93. The van der Waals surface area contributed by atoms with E-state index in [0.717, 1.165) is 5.56 Å². The van der Waals surface area contributed by atoms with Crippen molar-refractivity contribution in [1.82, 2.24) is 15.0 Å². The molecule has 0 aliphatic carbocycles. The van der Waals surface area contributed by atoms with Gasteiger partial charge < -0.3 is 4.74 Å². The third-order valence-electron chi connectivity index (χ3n) is 3.51. The molecule has 6 nitrogen and oxygen atoms in total. The number of carbonyl (C=O) groups excluding carboxylic acids is 1. The van der Waals surface area contributed by atoms with E-state index in [1.165, 1.54) is 0 Å². The summed E-state index contributed by atoms with van der Waals surface area (Å²) >= 11 is 0. The van der Waals surface area contributed by atoms with Crippen molar-refractivity contribution >= 4 is 11.7 Å². The van der Waals surface area contributed by atoms with E-state index in [9.17, 15) is 4.79 Å². The second-order valence-electron chi connectivity index (χ2n) is 5.03. The number of fused-ring (bicyclic) bond motifs is 1. The fourth-order valence-electron chi connectivity index (χ4n) is 2.45. The first-order valence-corrected chi connectivity index (χ1v) is 7.12.